The van der Waals surface area contributed by atoms with Gasteiger partial charge in [0, 0.05) is 6.42 Å². The van der Waals surface area contributed by atoms with E-state index in [1.165, 1.54) is 5.56 Å². The maximum Gasteiger partial charge on any atom is 0.323 e. The van der Waals surface area contributed by atoms with Gasteiger partial charge >= 0.3 is 5.97 Å². The van der Waals surface area contributed by atoms with Gasteiger partial charge in [0.05, 0.1) is 6.61 Å². The molecule has 18 heavy (non-hydrogen) atoms. The van der Waals surface area contributed by atoms with Gasteiger partial charge in [-0.05, 0) is 37.4 Å². The van der Waals surface area contributed by atoms with Crippen LogP contribution in [-0.2, 0) is 9.53 Å². The highest BCUT2D eigenvalue weighted by atomic mass is 16.5. The second-order valence-electron chi connectivity index (χ2n) is 5.19. The molecular formula is C15H19NO2. The molecule has 0 aromatic heterocycles. The molecule has 3 heteroatoms. The van der Waals surface area contributed by atoms with Crippen molar-refractivity contribution in [2.75, 3.05) is 19.7 Å². The smallest absolute Gasteiger partial charge is 0.323 e. The minimum Gasteiger partial charge on any atom is -0.464 e. The molecule has 2 fully saturated rings. The van der Waals surface area contributed by atoms with Crippen LogP contribution in [0, 0.1) is 0 Å². The molecule has 0 saturated carbocycles. The molecule has 2 aliphatic rings. The fraction of sp³-hybridized carbons (Fsp3) is 0.533. The van der Waals surface area contributed by atoms with Crippen LogP contribution >= 0.6 is 0 Å². The van der Waals surface area contributed by atoms with Gasteiger partial charge in [-0.25, -0.2) is 0 Å². The molecule has 2 saturated heterocycles. The average Bonchev–Trinajstić information content (AvgIpc) is 2.86. The summed E-state index contributed by atoms with van der Waals surface area (Å²) in [7, 11) is 0. The van der Waals surface area contributed by atoms with Crippen molar-refractivity contribution in [3.05, 3.63) is 35.9 Å². The Labute approximate surface area is 108 Å². The number of carbonyl (C=O) groups excluding carboxylic acids is 1. The highest BCUT2D eigenvalue weighted by Gasteiger charge is 2.34. The number of rotatable bonds is 2. The quantitative estimate of drug-likeness (QED) is 0.748. The van der Waals surface area contributed by atoms with E-state index in [0.717, 1.165) is 32.4 Å². The maximum atomic E-state index is 11.6. The van der Waals surface area contributed by atoms with Gasteiger partial charge in [0.1, 0.15) is 6.04 Å². The second-order valence-corrected chi connectivity index (χ2v) is 5.19. The second kappa shape index (κ2) is 5.11. The molecule has 0 N–H and O–H groups in total. The summed E-state index contributed by atoms with van der Waals surface area (Å²) in [6, 6.07) is 10.7. The van der Waals surface area contributed by atoms with Crippen molar-refractivity contribution in [3.63, 3.8) is 0 Å². The van der Waals surface area contributed by atoms with Crippen LogP contribution in [0.4, 0.5) is 0 Å². The van der Waals surface area contributed by atoms with Crippen LogP contribution in [0.1, 0.15) is 30.7 Å². The van der Waals surface area contributed by atoms with Gasteiger partial charge in [0.25, 0.3) is 0 Å². The van der Waals surface area contributed by atoms with E-state index in [2.05, 4.69) is 35.2 Å². The first-order valence-electron chi connectivity index (χ1n) is 6.80. The van der Waals surface area contributed by atoms with Crippen LogP contribution < -0.4 is 0 Å². The molecule has 2 heterocycles. The van der Waals surface area contributed by atoms with E-state index < -0.39 is 0 Å². The first-order valence-corrected chi connectivity index (χ1v) is 6.80. The number of cyclic esters (lactones) is 1. The van der Waals surface area contributed by atoms with Crippen LogP contribution in [-0.4, -0.2) is 36.6 Å². The third-order valence-electron chi connectivity index (χ3n) is 4.15. The van der Waals surface area contributed by atoms with Gasteiger partial charge in [0.15, 0.2) is 0 Å². The number of hydrogen-bond donors (Lipinski definition) is 0. The minimum atomic E-state index is -0.0202. The van der Waals surface area contributed by atoms with Crippen molar-refractivity contribution in [3.8, 4) is 0 Å². The lowest BCUT2D eigenvalue weighted by atomic mass is 9.89. The van der Waals surface area contributed by atoms with Crippen molar-refractivity contribution in [2.45, 2.75) is 31.2 Å². The van der Waals surface area contributed by atoms with Crippen LogP contribution in [0.15, 0.2) is 30.3 Å². The molecule has 2 aliphatic heterocycles. The summed E-state index contributed by atoms with van der Waals surface area (Å²) in [5, 5.41) is 0. The van der Waals surface area contributed by atoms with Crippen molar-refractivity contribution >= 4 is 5.97 Å². The topological polar surface area (TPSA) is 29.5 Å². The van der Waals surface area contributed by atoms with Gasteiger partial charge in [-0.15, -0.1) is 0 Å². The molecule has 0 spiro atoms. The van der Waals surface area contributed by atoms with Gasteiger partial charge in [0.2, 0.25) is 0 Å². The molecule has 1 unspecified atom stereocenters. The molecule has 3 rings (SSSR count). The number of carbonyl (C=O) groups is 1. The summed E-state index contributed by atoms with van der Waals surface area (Å²) < 4.78 is 5.05. The van der Waals surface area contributed by atoms with Crippen LogP contribution in [0.25, 0.3) is 0 Å². The van der Waals surface area contributed by atoms with E-state index in [9.17, 15) is 4.79 Å². The van der Waals surface area contributed by atoms with Crippen LogP contribution in [0.5, 0.6) is 0 Å². The third kappa shape index (κ3) is 2.27. The van der Waals surface area contributed by atoms with Gasteiger partial charge in [-0.2, -0.15) is 0 Å². The lowest BCUT2D eigenvalue weighted by molar-refractivity contribution is -0.142. The Hall–Kier alpha value is -1.35. The monoisotopic (exact) mass is 245 g/mol. The first-order chi connectivity index (χ1) is 8.84. The standard InChI is InChI=1S/C15H19NO2/c17-15-14(8-11-18-15)16-9-6-13(7-10-16)12-4-2-1-3-5-12/h1-5,13-14H,6-11H2. The lowest BCUT2D eigenvalue weighted by Gasteiger charge is -2.34. The van der Waals surface area contributed by atoms with Crippen molar-refractivity contribution in [1.82, 2.24) is 4.90 Å². The molecule has 1 aromatic carbocycles. The zero-order valence-corrected chi connectivity index (χ0v) is 10.5. The largest absolute Gasteiger partial charge is 0.464 e. The van der Waals surface area contributed by atoms with Crippen LogP contribution in [0.3, 0.4) is 0 Å². The molecular weight excluding hydrogens is 226 g/mol. The van der Waals surface area contributed by atoms with E-state index in [-0.39, 0.29) is 12.0 Å². The average molecular weight is 245 g/mol. The minimum absolute atomic E-state index is 0.0202. The van der Waals surface area contributed by atoms with Gasteiger partial charge in [-0.1, -0.05) is 30.3 Å². The summed E-state index contributed by atoms with van der Waals surface area (Å²) in [5.41, 5.74) is 1.44. The van der Waals surface area contributed by atoms with Crippen molar-refractivity contribution in [2.24, 2.45) is 0 Å². The number of esters is 1. The summed E-state index contributed by atoms with van der Waals surface area (Å²) >= 11 is 0. The fourth-order valence-electron chi connectivity index (χ4n) is 3.09. The fourth-order valence-corrected chi connectivity index (χ4v) is 3.09. The van der Waals surface area contributed by atoms with E-state index in [0.29, 0.717) is 12.5 Å². The van der Waals surface area contributed by atoms with E-state index in [1.54, 1.807) is 0 Å². The molecule has 1 aromatic rings. The Morgan fingerprint density at radius 2 is 1.78 bits per heavy atom. The third-order valence-corrected chi connectivity index (χ3v) is 4.15. The number of nitrogens with zero attached hydrogens (tertiary/aromatic N) is 1. The molecule has 3 nitrogen and oxygen atoms in total. The Morgan fingerprint density at radius 3 is 2.39 bits per heavy atom. The number of benzene rings is 1. The van der Waals surface area contributed by atoms with Crippen molar-refractivity contribution in [1.29, 1.82) is 0 Å². The summed E-state index contributed by atoms with van der Waals surface area (Å²) in [6.07, 6.45) is 3.16. The Bertz CT molecular complexity index is 410. The number of ether oxygens (including phenoxy) is 1. The first kappa shape index (κ1) is 11.7. The Morgan fingerprint density at radius 1 is 1.06 bits per heavy atom. The highest BCUT2D eigenvalue weighted by molar-refractivity contribution is 5.77. The normalized spacial score (nSPS) is 26.2. The highest BCUT2D eigenvalue weighted by Crippen LogP contribution is 2.29. The Kier molecular flexibility index (Phi) is 3.33. The van der Waals surface area contributed by atoms with Gasteiger partial charge in [-0.3, -0.25) is 9.69 Å². The van der Waals surface area contributed by atoms with Crippen molar-refractivity contribution < 1.29 is 9.53 Å². The summed E-state index contributed by atoms with van der Waals surface area (Å²) in [5.74, 6) is 0.632. The number of likely N-dealkylation sites (tertiary alicyclic amines) is 1. The predicted octanol–water partition coefficient (Wildman–Crippen LogP) is 2.18. The zero-order valence-electron chi connectivity index (χ0n) is 10.5. The molecule has 0 radical (unpaired) electrons. The molecule has 1 atom stereocenters. The summed E-state index contributed by atoms with van der Waals surface area (Å²) in [4.78, 5) is 13.9. The van der Waals surface area contributed by atoms with E-state index in [4.69, 9.17) is 4.74 Å². The molecule has 0 amide bonds. The number of piperidine rings is 1. The maximum absolute atomic E-state index is 11.6. The molecule has 96 valence electrons. The zero-order chi connectivity index (χ0) is 12.4. The van der Waals surface area contributed by atoms with E-state index >= 15 is 0 Å². The lowest BCUT2D eigenvalue weighted by Crippen LogP contribution is -2.43. The van der Waals surface area contributed by atoms with E-state index in [1.807, 2.05) is 0 Å². The van der Waals surface area contributed by atoms with Gasteiger partial charge < -0.3 is 4.74 Å². The number of hydrogen-bond acceptors (Lipinski definition) is 3. The molecule has 0 aliphatic carbocycles. The van der Waals surface area contributed by atoms with Crippen LogP contribution in [0.2, 0.25) is 0 Å². The predicted molar refractivity (Wildman–Crippen MR) is 69.4 cm³/mol. The molecule has 0 bridgehead atoms. The Balaban J connectivity index is 1.60. The summed E-state index contributed by atoms with van der Waals surface area (Å²) in [6.45, 7) is 2.63. The SMILES string of the molecule is O=C1OCCC1N1CCC(c2ccccc2)CC1.